The highest BCUT2D eigenvalue weighted by Crippen LogP contribution is 2.55. The van der Waals surface area contributed by atoms with Gasteiger partial charge in [0.2, 0.25) is 0 Å². The van der Waals surface area contributed by atoms with Gasteiger partial charge in [0.05, 0.1) is 5.41 Å². The maximum atomic E-state index is 4.12. The highest BCUT2D eigenvalue weighted by molar-refractivity contribution is 5.77. The van der Waals surface area contributed by atoms with Crippen molar-refractivity contribution in [1.82, 2.24) is 0 Å². The van der Waals surface area contributed by atoms with Gasteiger partial charge in [0.15, 0.2) is 0 Å². The van der Waals surface area contributed by atoms with Crippen LogP contribution in [0.3, 0.4) is 0 Å². The molecule has 0 N–H and O–H groups in total. The molecule has 0 unspecified atom stereocenters. The van der Waals surface area contributed by atoms with Gasteiger partial charge in [-0.05, 0) is 47.3 Å². The first-order valence-electron chi connectivity index (χ1n) is 16.2. The van der Waals surface area contributed by atoms with Crippen LogP contribution in [0, 0.1) is 0 Å². The molecule has 0 radical (unpaired) electrons. The van der Waals surface area contributed by atoms with Gasteiger partial charge in [-0.25, -0.2) is 0 Å². The third kappa shape index (κ3) is 15.2. The molecule has 2 rings (SSSR count). The molecular weight excluding hydrogens is 504 g/mol. The third-order valence-electron chi connectivity index (χ3n) is 4.91. The van der Waals surface area contributed by atoms with Crippen molar-refractivity contribution >= 4 is 0 Å². The van der Waals surface area contributed by atoms with Crippen LogP contribution in [0.4, 0.5) is 0 Å². The van der Waals surface area contributed by atoms with Crippen LogP contribution in [0.15, 0.2) is 139 Å². The Morgan fingerprint density at radius 1 is 0.571 bits per heavy atom. The molecule has 0 fully saturated rings. The lowest BCUT2D eigenvalue weighted by atomic mass is 9.65. The van der Waals surface area contributed by atoms with Gasteiger partial charge in [0, 0.05) is 0 Å². The third-order valence-corrected chi connectivity index (χ3v) is 4.91. The van der Waals surface area contributed by atoms with Gasteiger partial charge in [0.25, 0.3) is 0 Å². The minimum Gasteiger partial charge on any atom is -0.0991 e. The van der Waals surface area contributed by atoms with Gasteiger partial charge < -0.3 is 0 Å². The first kappa shape index (κ1) is 54.9. The van der Waals surface area contributed by atoms with Crippen molar-refractivity contribution in [3.05, 3.63) is 145 Å². The second-order valence-corrected chi connectivity index (χ2v) is 6.24. The van der Waals surface area contributed by atoms with E-state index < -0.39 is 5.41 Å². The number of benzene rings is 1. The Hall–Kier alpha value is -3.12. The molecular formula is C42H74. The summed E-state index contributed by atoms with van der Waals surface area (Å²) in [7, 11) is 0. The molecule has 0 heteroatoms. The van der Waals surface area contributed by atoms with Gasteiger partial charge in [-0.3, -0.25) is 0 Å². The van der Waals surface area contributed by atoms with E-state index in [0.29, 0.717) is 0 Å². The lowest BCUT2D eigenvalue weighted by molar-refractivity contribution is 0.753. The Labute approximate surface area is 267 Å². The summed E-state index contributed by atoms with van der Waals surface area (Å²) < 4.78 is 0. The second kappa shape index (κ2) is 42.3. The largest absolute Gasteiger partial charge is 0.0991 e. The number of rotatable bonds is 8. The maximum absolute atomic E-state index is 4.12. The Bertz CT molecular complexity index is 853. The van der Waals surface area contributed by atoms with E-state index in [1.807, 2.05) is 147 Å². The molecule has 242 valence electrons. The molecule has 42 heavy (non-hydrogen) atoms. The average Bonchev–Trinajstić information content (AvgIpc) is 3.35. The summed E-state index contributed by atoms with van der Waals surface area (Å²) in [5, 5.41) is 0. The fraction of sp³-hybridized carbons (Fsp3) is 0.429. The Balaban J connectivity index is -0.000000143. The van der Waals surface area contributed by atoms with Gasteiger partial charge in [-0.2, -0.15) is 0 Å². The van der Waals surface area contributed by atoms with Crippen LogP contribution < -0.4 is 0 Å². The zero-order valence-corrected chi connectivity index (χ0v) is 30.4. The molecule has 0 aromatic heterocycles. The van der Waals surface area contributed by atoms with E-state index in [0.717, 1.165) is 16.7 Å². The average molecular weight is 579 g/mol. The van der Waals surface area contributed by atoms with Crippen LogP contribution in [0.5, 0.6) is 0 Å². The summed E-state index contributed by atoms with van der Waals surface area (Å²) >= 11 is 0. The predicted octanol–water partition coefficient (Wildman–Crippen LogP) is 15.2. The number of hydrogen-bond acceptors (Lipinski definition) is 0. The van der Waals surface area contributed by atoms with E-state index >= 15 is 0 Å². The molecule has 0 nitrogen and oxygen atoms in total. The van der Waals surface area contributed by atoms with Crippen LogP contribution in [0.2, 0.25) is 0 Å². The Morgan fingerprint density at radius 3 is 1.14 bits per heavy atom. The first-order chi connectivity index (χ1) is 20.2. The summed E-state index contributed by atoms with van der Waals surface area (Å²) in [6.07, 6.45) is 18.1. The monoisotopic (exact) mass is 579 g/mol. The molecule has 0 atom stereocenters. The van der Waals surface area contributed by atoms with Gasteiger partial charge >= 0.3 is 0 Å². The quantitative estimate of drug-likeness (QED) is 0.269. The van der Waals surface area contributed by atoms with E-state index in [1.165, 1.54) is 16.7 Å². The second-order valence-electron chi connectivity index (χ2n) is 6.24. The van der Waals surface area contributed by atoms with E-state index in [2.05, 4.69) is 74.9 Å². The fourth-order valence-corrected chi connectivity index (χ4v) is 3.99. The highest BCUT2D eigenvalue weighted by Gasteiger charge is 2.46. The molecule has 0 amide bonds. The molecule has 0 spiro atoms. The van der Waals surface area contributed by atoms with Crippen molar-refractivity contribution < 1.29 is 0 Å². The minimum atomic E-state index is -0.497. The summed E-state index contributed by atoms with van der Waals surface area (Å²) in [6.45, 7) is 48.3. The Kier molecular flexibility index (Phi) is 55.3. The molecule has 0 aliphatic heterocycles. The SMILES string of the molecule is C.C=C/C=C(\C=C)C1(c2ccccc2)C(/C=C\C)=C(C=C)C(C=C)=C1/C=C\C.CC.CC.CC.CC.CC.CC.CC. The van der Waals surface area contributed by atoms with E-state index in [9.17, 15) is 0 Å². The number of hydrogen-bond donors (Lipinski definition) is 0. The van der Waals surface area contributed by atoms with Gasteiger partial charge in [0.1, 0.15) is 0 Å². The van der Waals surface area contributed by atoms with Crippen molar-refractivity contribution in [3.8, 4) is 0 Å². The topological polar surface area (TPSA) is 0 Å². The van der Waals surface area contributed by atoms with Crippen LogP contribution in [-0.4, -0.2) is 0 Å². The molecule has 0 saturated carbocycles. The molecule has 1 aliphatic rings. The van der Waals surface area contributed by atoms with Crippen molar-refractivity contribution in [2.24, 2.45) is 0 Å². The van der Waals surface area contributed by atoms with Gasteiger partial charge in [-0.1, -0.05) is 216 Å². The maximum Gasteiger partial charge on any atom is 0.0713 e. The first-order valence-corrected chi connectivity index (χ1v) is 16.2. The summed E-state index contributed by atoms with van der Waals surface area (Å²) in [4.78, 5) is 0. The van der Waals surface area contributed by atoms with Gasteiger partial charge in [-0.15, -0.1) is 0 Å². The zero-order valence-electron chi connectivity index (χ0n) is 30.4. The van der Waals surface area contributed by atoms with Crippen molar-refractivity contribution in [3.63, 3.8) is 0 Å². The van der Waals surface area contributed by atoms with Crippen LogP contribution in [-0.2, 0) is 5.41 Å². The van der Waals surface area contributed by atoms with E-state index in [1.54, 1.807) is 0 Å². The van der Waals surface area contributed by atoms with Crippen LogP contribution >= 0.6 is 0 Å². The summed E-state index contributed by atoms with van der Waals surface area (Å²) in [5.74, 6) is 0. The lowest BCUT2D eigenvalue weighted by Gasteiger charge is -2.36. The van der Waals surface area contributed by atoms with Crippen molar-refractivity contribution in [1.29, 1.82) is 0 Å². The highest BCUT2D eigenvalue weighted by atomic mass is 14.5. The molecule has 0 saturated heterocycles. The summed E-state index contributed by atoms with van der Waals surface area (Å²) in [5.41, 5.74) is 6.28. The van der Waals surface area contributed by atoms with Crippen molar-refractivity contribution in [2.45, 2.75) is 124 Å². The van der Waals surface area contributed by atoms with Crippen LogP contribution in [0.1, 0.15) is 124 Å². The van der Waals surface area contributed by atoms with Crippen molar-refractivity contribution in [2.75, 3.05) is 0 Å². The minimum absolute atomic E-state index is 0. The van der Waals surface area contributed by atoms with Crippen LogP contribution in [0.25, 0.3) is 0 Å². The smallest absolute Gasteiger partial charge is 0.0713 e. The van der Waals surface area contributed by atoms with E-state index in [-0.39, 0.29) is 7.43 Å². The fourth-order valence-electron chi connectivity index (χ4n) is 3.99. The Morgan fingerprint density at radius 2 is 0.905 bits per heavy atom. The molecule has 1 aromatic rings. The molecule has 1 aromatic carbocycles. The van der Waals surface area contributed by atoms with E-state index in [4.69, 9.17) is 0 Å². The number of allylic oxidation sites excluding steroid dienone is 14. The molecule has 0 bridgehead atoms. The standard InChI is InChI=1S/C27H28.7C2H6.CH4/c1-7-16-21(10-4)27(22-19-14-13-15-20-22)25(17-8-2)23(11-5)24(12-6)26(27)18-9-3;7*1-2;/h7-20H,1,4-6H2,2-3H3;7*1-2H3;1H4/b17-8-,18-9-,21-16+;;;;;;;;. The summed E-state index contributed by atoms with van der Waals surface area (Å²) in [6, 6.07) is 10.5. The molecule has 0 heterocycles. The normalized spacial score (nSPS) is 12.0. The molecule has 1 aliphatic carbocycles. The predicted molar refractivity (Wildman–Crippen MR) is 207 cm³/mol. The zero-order chi connectivity index (χ0) is 33.9. The lowest BCUT2D eigenvalue weighted by Crippen LogP contribution is -2.30.